The zero-order valence-corrected chi connectivity index (χ0v) is 15.1. The maximum atomic E-state index is 13.9. The summed E-state index contributed by atoms with van der Waals surface area (Å²) in [4.78, 5) is 12.2. The Labute approximate surface area is 160 Å². The fourth-order valence-electron chi connectivity index (χ4n) is 3.16. The second-order valence-corrected chi connectivity index (χ2v) is 6.43. The zero-order valence-electron chi connectivity index (χ0n) is 15.1. The van der Waals surface area contributed by atoms with Crippen molar-refractivity contribution in [2.24, 2.45) is 0 Å². The molecule has 0 radical (unpaired) electrons. The molecule has 28 heavy (non-hydrogen) atoms. The van der Waals surface area contributed by atoms with Gasteiger partial charge in [0.15, 0.2) is 0 Å². The summed E-state index contributed by atoms with van der Waals surface area (Å²) in [5.74, 6) is -0.553. The molecule has 0 saturated heterocycles. The van der Waals surface area contributed by atoms with Crippen molar-refractivity contribution < 1.29 is 18.3 Å². The third-order valence-corrected chi connectivity index (χ3v) is 4.62. The van der Waals surface area contributed by atoms with E-state index in [1.807, 2.05) is 24.3 Å². The topological polar surface area (TPSA) is 68.2 Å². The van der Waals surface area contributed by atoms with E-state index in [2.05, 4.69) is 15.7 Å². The first-order chi connectivity index (χ1) is 13.5. The van der Waals surface area contributed by atoms with Gasteiger partial charge in [-0.2, -0.15) is 5.10 Å². The van der Waals surface area contributed by atoms with Crippen molar-refractivity contribution in [3.05, 3.63) is 71.4 Å². The van der Waals surface area contributed by atoms with Crippen molar-refractivity contribution in [3.8, 4) is 17.0 Å². The van der Waals surface area contributed by atoms with E-state index in [4.69, 9.17) is 4.74 Å². The Morgan fingerprint density at radius 3 is 2.93 bits per heavy atom. The first kappa shape index (κ1) is 18.1. The van der Waals surface area contributed by atoms with Crippen LogP contribution < -0.4 is 15.4 Å². The fourth-order valence-corrected chi connectivity index (χ4v) is 3.16. The molecule has 0 spiro atoms. The van der Waals surface area contributed by atoms with E-state index >= 15 is 0 Å². The largest absolute Gasteiger partial charge is 0.497 e. The number of hydrogen-bond acceptors (Lipinski definition) is 4. The van der Waals surface area contributed by atoms with Gasteiger partial charge in [-0.25, -0.2) is 13.5 Å². The van der Waals surface area contributed by atoms with E-state index in [-0.39, 0.29) is 24.6 Å². The third kappa shape index (κ3) is 3.46. The van der Waals surface area contributed by atoms with Crippen LogP contribution in [0.1, 0.15) is 22.2 Å². The number of nitrogens with one attached hydrogen (secondary N) is 2. The summed E-state index contributed by atoms with van der Waals surface area (Å²) in [6, 6.07) is 12.4. The lowest BCUT2D eigenvalue weighted by Crippen LogP contribution is -2.45. The van der Waals surface area contributed by atoms with E-state index in [1.54, 1.807) is 17.9 Å². The molecule has 0 fully saturated rings. The number of ether oxygens (including phenoxy) is 1. The lowest BCUT2D eigenvalue weighted by atomic mass is 10.1. The normalized spacial score (nSPS) is 15.8. The van der Waals surface area contributed by atoms with Crippen LogP contribution in [0.2, 0.25) is 0 Å². The van der Waals surface area contributed by atoms with Gasteiger partial charge in [-0.1, -0.05) is 12.1 Å². The van der Waals surface area contributed by atoms with Gasteiger partial charge in [0.2, 0.25) is 0 Å². The standard InChI is InChI=1S/C20H18F2N4O2/c1-28-15-4-2-3-12(8-15)17-9-18-20(27)24-11-19(26(18)25-17)23-10-13-7-14(21)5-6-16(13)22/h2-9,19,23H,10-11H2,1H3,(H,24,27). The lowest BCUT2D eigenvalue weighted by molar-refractivity contribution is 0.0900. The maximum Gasteiger partial charge on any atom is 0.269 e. The van der Waals surface area contributed by atoms with Crippen LogP contribution in [0.4, 0.5) is 8.78 Å². The average Bonchev–Trinajstić information content (AvgIpc) is 3.16. The van der Waals surface area contributed by atoms with Crippen LogP contribution in [0, 0.1) is 11.6 Å². The van der Waals surface area contributed by atoms with Crippen LogP contribution in [0.5, 0.6) is 5.75 Å². The summed E-state index contributed by atoms with van der Waals surface area (Å²) in [7, 11) is 1.58. The van der Waals surface area contributed by atoms with Crippen LogP contribution >= 0.6 is 0 Å². The first-order valence-electron chi connectivity index (χ1n) is 8.74. The van der Waals surface area contributed by atoms with Gasteiger partial charge >= 0.3 is 0 Å². The van der Waals surface area contributed by atoms with Gasteiger partial charge in [0, 0.05) is 17.7 Å². The molecule has 2 heterocycles. The minimum Gasteiger partial charge on any atom is -0.497 e. The number of amides is 1. The molecule has 4 rings (SSSR count). The molecular weight excluding hydrogens is 366 g/mol. The number of methoxy groups -OCH3 is 1. The van der Waals surface area contributed by atoms with Crippen molar-refractivity contribution in [3.63, 3.8) is 0 Å². The summed E-state index contributed by atoms with van der Waals surface area (Å²) in [6.07, 6.45) is -0.394. The number of rotatable bonds is 5. The van der Waals surface area contributed by atoms with E-state index in [0.717, 1.165) is 23.8 Å². The third-order valence-electron chi connectivity index (χ3n) is 4.62. The summed E-state index contributed by atoms with van der Waals surface area (Å²) in [6.45, 7) is 0.375. The Balaban J connectivity index is 1.61. The molecule has 8 heteroatoms. The minimum atomic E-state index is -0.504. The minimum absolute atomic E-state index is 0.0952. The number of fused-ring (bicyclic) bond motifs is 1. The van der Waals surface area contributed by atoms with Crippen molar-refractivity contribution in [1.29, 1.82) is 0 Å². The average molecular weight is 384 g/mol. The Bertz CT molecular complexity index is 1030. The Kier molecular flexibility index (Phi) is 4.79. The van der Waals surface area contributed by atoms with Gasteiger partial charge in [0.25, 0.3) is 5.91 Å². The molecule has 3 aromatic rings. The number of carbonyl (C=O) groups is 1. The molecule has 0 bridgehead atoms. The molecule has 2 aromatic carbocycles. The van der Waals surface area contributed by atoms with Crippen molar-refractivity contribution in [2.75, 3.05) is 13.7 Å². The fraction of sp³-hybridized carbons (Fsp3) is 0.200. The molecule has 0 aliphatic carbocycles. The maximum absolute atomic E-state index is 13.9. The molecule has 1 unspecified atom stereocenters. The SMILES string of the molecule is COc1cccc(-c2cc3n(n2)C(NCc2cc(F)ccc2F)CNC3=O)c1. The van der Waals surface area contributed by atoms with Gasteiger partial charge in [-0.15, -0.1) is 0 Å². The monoisotopic (exact) mass is 384 g/mol. The quantitative estimate of drug-likeness (QED) is 0.710. The highest BCUT2D eigenvalue weighted by Gasteiger charge is 2.27. The van der Waals surface area contributed by atoms with E-state index < -0.39 is 17.8 Å². The van der Waals surface area contributed by atoms with Gasteiger partial charge in [0.1, 0.15) is 29.2 Å². The highest BCUT2D eigenvalue weighted by molar-refractivity contribution is 5.94. The molecule has 1 aliphatic heterocycles. The second kappa shape index (κ2) is 7.40. The molecule has 1 atom stereocenters. The zero-order chi connectivity index (χ0) is 19.7. The number of benzene rings is 2. The molecular formula is C20H18F2N4O2. The second-order valence-electron chi connectivity index (χ2n) is 6.43. The van der Waals surface area contributed by atoms with Crippen LogP contribution in [-0.2, 0) is 6.54 Å². The number of nitrogens with zero attached hydrogens (tertiary/aromatic N) is 2. The van der Waals surface area contributed by atoms with E-state index in [0.29, 0.717) is 17.1 Å². The molecule has 0 saturated carbocycles. The van der Waals surface area contributed by atoms with E-state index in [1.165, 1.54) is 0 Å². The van der Waals surface area contributed by atoms with Crippen LogP contribution in [-0.4, -0.2) is 29.3 Å². The van der Waals surface area contributed by atoms with Crippen molar-refractivity contribution >= 4 is 5.91 Å². The molecule has 6 nitrogen and oxygen atoms in total. The van der Waals surface area contributed by atoms with Gasteiger partial charge in [-0.3, -0.25) is 10.1 Å². The lowest BCUT2D eigenvalue weighted by Gasteiger charge is -2.26. The molecule has 1 aromatic heterocycles. The van der Waals surface area contributed by atoms with Gasteiger partial charge in [0.05, 0.1) is 19.3 Å². The predicted molar refractivity (Wildman–Crippen MR) is 98.8 cm³/mol. The van der Waals surface area contributed by atoms with Crippen molar-refractivity contribution in [1.82, 2.24) is 20.4 Å². The van der Waals surface area contributed by atoms with Crippen LogP contribution in [0.3, 0.4) is 0 Å². The summed E-state index contributed by atoms with van der Waals surface area (Å²) >= 11 is 0. The van der Waals surface area contributed by atoms with Crippen molar-refractivity contribution in [2.45, 2.75) is 12.7 Å². The first-order valence-corrected chi connectivity index (χ1v) is 8.74. The van der Waals surface area contributed by atoms with Crippen LogP contribution in [0.15, 0.2) is 48.5 Å². The summed E-state index contributed by atoms with van der Waals surface area (Å²) < 4.78 is 34.1. The molecule has 144 valence electrons. The molecule has 1 amide bonds. The number of halogens is 2. The Morgan fingerprint density at radius 1 is 1.25 bits per heavy atom. The molecule has 2 N–H and O–H groups in total. The predicted octanol–water partition coefficient (Wildman–Crippen LogP) is 2.87. The van der Waals surface area contributed by atoms with E-state index in [9.17, 15) is 13.6 Å². The molecule has 1 aliphatic rings. The Hall–Kier alpha value is -3.26. The smallest absolute Gasteiger partial charge is 0.269 e. The highest BCUT2D eigenvalue weighted by Crippen LogP contribution is 2.26. The number of aromatic nitrogens is 2. The summed E-state index contributed by atoms with van der Waals surface area (Å²) in [5.41, 5.74) is 2.03. The van der Waals surface area contributed by atoms with Gasteiger partial charge < -0.3 is 10.1 Å². The number of carbonyl (C=O) groups excluding carboxylic acids is 1. The highest BCUT2D eigenvalue weighted by atomic mass is 19.1. The number of hydrogen-bond donors (Lipinski definition) is 2. The summed E-state index contributed by atoms with van der Waals surface area (Å²) in [5, 5.41) is 10.5. The van der Waals surface area contributed by atoms with Gasteiger partial charge in [-0.05, 0) is 36.4 Å². The Morgan fingerprint density at radius 2 is 2.11 bits per heavy atom. The van der Waals surface area contributed by atoms with Crippen LogP contribution in [0.25, 0.3) is 11.3 Å².